The van der Waals surface area contributed by atoms with Gasteiger partial charge in [0.2, 0.25) is 0 Å². The molecule has 4 unspecified atom stereocenters. The van der Waals surface area contributed by atoms with Crippen molar-refractivity contribution >= 4 is 0 Å². The predicted molar refractivity (Wildman–Crippen MR) is 113 cm³/mol. The number of ether oxygens (including phenoxy) is 2. The van der Waals surface area contributed by atoms with Gasteiger partial charge < -0.3 is 19.1 Å². The summed E-state index contributed by atoms with van der Waals surface area (Å²) in [5.74, 6) is 1.71. The summed E-state index contributed by atoms with van der Waals surface area (Å²) >= 11 is 0. The van der Waals surface area contributed by atoms with Crippen molar-refractivity contribution in [1.29, 1.82) is 0 Å². The van der Waals surface area contributed by atoms with Crippen molar-refractivity contribution in [3.63, 3.8) is 0 Å². The van der Waals surface area contributed by atoms with Gasteiger partial charge in [0.25, 0.3) is 0 Å². The zero-order valence-electron chi connectivity index (χ0n) is 17.5. The number of hydrogen-bond donors (Lipinski definition) is 1. The van der Waals surface area contributed by atoms with Gasteiger partial charge in [0, 0.05) is 29.5 Å². The molecule has 152 valence electrons. The van der Waals surface area contributed by atoms with Crippen LogP contribution >= 0.6 is 0 Å². The second-order valence-electron chi connectivity index (χ2n) is 9.28. The minimum atomic E-state index is -0.441. The molecule has 0 radical (unpaired) electrons. The molecule has 4 atom stereocenters. The van der Waals surface area contributed by atoms with E-state index in [0.29, 0.717) is 6.42 Å². The van der Waals surface area contributed by atoms with Crippen LogP contribution < -0.4 is 9.47 Å². The highest BCUT2D eigenvalue weighted by Crippen LogP contribution is 2.57. The Morgan fingerprint density at radius 3 is 2.83 bits per heavy atom. The fraction of sp³-hybridized carbons (Fsp3) is 0.440. The molecule has 0 saturated heterocycles. The van der Waals surface area contributed by atoms with Crippen molar-refractivity contribution < 1.29 is 19.1 Å². The summed E-state index contributed by atoms with van der Waals surface area (Å²) in [6.07, 6.45) is 5.38. The van der Waals surface area contributed by atoms with Crippen LogP contribution in [-0.2, 0) is 18.5 Å². The lowest BCUT2D eigenvalue weighted by molar-refractivity contribution is -0.935. The molecule has 5 rings (SSSR count). The van der Waals surface area contributed by atoms with E-state index in [1.54, 1.807) is 7.11 Å². The number of nitrogens with zero attached hydrogens (tertiary/aromatic N) is 1. The smallest absolute Gasteiger partial charge is 0.166 e. The van der Waals surface area contributed by atoms with Crippen LogP contribution in [0.1, 0.15) is 35.1 Å². The molecule has 2 heterocycles. The standard InChI is InChI=1S/C25H30NO3/c1-17-13-21(28-3)24-23-20(17)16-26(2,15-18-7-5-4-6-8-18)12-11-25(23)10-9-19(27)14-22(25)29-24/h4-10,13,19,22,27H,11-12,14-16H2,1-3H3/q+1. The average Bonchev–Trinajstić information content (AvgIpc) is 2.97. The van der Waals surface area contributed by atoms with Gasteiger partial charge in [0.05, 0.1) is 32.2 Å². The van der Waals surface area contributed by atoms with Crippen LogP contribution in [0.5, 0.6) is 11.5 Å². The second kappa shape index (κ2) is 6.61. The molecule has 0 bridgehead atoms. The molecule has 1 spiro atoms. The zero-order valence-corrected chi connectivity index (χ0v) is 17.5. The van der Waals surface area contributed by atoms with Crippen LogP contribution in [0.2, 0.25) is 0 Å². The number of quaternary nitrogens is 1. The Morgan fingerprint density at radius 2 is 2.07 bits per heavy atom. The van der Waals surface area contributed by atoms with Crippen LogP contribution in [0.3, 0.4) is 0 Å². The molecule has 1 aliphatic carbocycles. The summed E-state index contributed by atoms with van der Waals surface area (Å²) < 4.78 is 13.2. The number of aryl methyl sites for hydroxylation is 1. The van der Waals surface area contributed by atoms with E-state index >= 15 is 0 Å². The number of methoxy groups -OCH3 is 1. The maximum Gasteiger partial charge on any atom is 0.166 e. The lowest BCUT2D eigenvalue weighted by Crippen LogP contribution is -2.46. The summed E-state index contributed by atoms with van der Waals surface area (Å²) in [6, 6.07) is 12.9. The fourth-order valence-electron chi connectivity index (χ4n) is 5.65. The first-order valence-electron chi connectivity index (χ1n) is 10.6. The van der Waals surface area contributed by atoms with Crippen LogP contribution in [0.25, 0.3) is 0 Å². The largest absolute Gasteiger partial charge is 0.493 e. The number of hydrogen-bond acceptors (Lipinski definition) is 3. The Bertz CT molecular complexity index is 970. The van der Waals surface area contributed by atoms with Crippen LogP contribution in [0.4, 0.5) is 0 Å². The van der Waals surface area contributed by atoms with E-state index in [2.05, 4.69) is 56.4 Å². The maximum absolute atomic E-state index is 10.3. The lowest BCUT2D eigenvalue weighted by Gasteiger charge is -2.37. The molecule has 4 nitrogen and oxygen atoms in total. The number of aliphatic hydroxyl groups is 1. The molecule has 0 amide bonds. The van der Waals surface area contributed by atoms with E-state index in [4.69, 9.17) is 9.47 Å². The molecule has 3 aliphatic rings. The van der Waals surface area contributed by atoms with Crippen molar-refractivity contribution in [1.82, 2.24) is 0 Å². The number of aliphatic hydroxyl groups excluding tert-OH is 1. The fourth-order valence-corrected chi connectivity index (χ4v) is 5.65. The number of rotatable bonds is 3. The normalized spacial score (nSPS) is 32.1. The minimum absolute atomic E-state index is 0.0322. The van der Waals surface area contributed by atoms with Gasteiger partial charge in [-0.25, -0.2) is 0 Å². The maximum atomic E-state index is 10.3. The van der Waals surface area contributed by atoms with Gasteiger partial charge in [0.15, 0.2) is 11.5 Å². The molecule has 29 heavy (non-hydrogen) atoms. The van der Waals surface area contributed by atoms with Gasteiger partial charge in [-0.2, -0.15) is 0 Å². The molecular weight excluding hydrogens is 362 g/mol. The SMILES string of the molecule is COc1cc(C)c2c3c1OC1CC(O)C=CC31CC[N+](C)(Cc1ccccc1)C2. The van der Waals surface area contributed by atoms with Crippen molar-refractivity contribution in [2.75, 3.05) is 20.7 Å². The van der Waals surface area contributed by atoms with Gasteiger partial charge >= 0.3 is 0 Å². The first-order chi connectivity index (χ1) is 13.9. The Morgan fingerprint density at radius 1 is 1.28 bits per heavy atom. The van der Waals surface area contributed by atoms with Crippen molar-refractivity contribution in [3.8, 4) is 11.5 Å². The van der Waals surface area contributed by atoms with E-state index in [-0.39, 0.29) is 11.5 Å². The Hall–Kier alpha value is -2.30. The summed E-state index contributed by atoms with van der Waals surface area (Å²) in [7, 11) is 4.09. The summed E-state index contributed by atoms with van der Waals surface area (Å²) in [6.45, 7) is 5.24. The minimum Gasteiger partial charge on any atom is -0.493 e. The van der Waals surface area contributed by atoms with Gasteiger partial charge in [0.1, 0.15) is 19.2 Å². The highest BCUT2D eigenvalue weighted by molar-refractivity contribution is 5.63. The van der Waals surface area contributed by atoms with Crippen molar-refractivity contribution in [3.05, 3.63) is 70.8 Å². The quantitative estimate of drug-likeness (QED) is 0.637. The summed E-state index contributed by atoms with van der Waals surface area (Å²) in [5, 5.41) is 10.3. The summed E-state index contributed by atoms with van der Waals surface area (Å²) in [4.78, 5) is 0. The third-order valence-electron chi connectivity index (χ3n) is 7.18. The molecule has 2 aromatic carbocycles. The van der Waals surface area contributed by atoms with E-state index in [1.807, 2.05) is 6.08 Å². The van der Waals surface area contributed by atoms with Crippen LogP contribution in [-0.4, -0.2) is 42.5 Å². The van der Waals surface area contributed by atoms with Gasteiger partial charge in [-0.15, -0.1) is 0 Å². The van der Waals surface area contributed by atoms with Crippen molar-refractivity contribution in [2.45, 2.75) is 50.5 Å². The third kappa shape index (κ3) is 2.89. The van der Waals surface area contributed by atoms with Gasteiger partial charge in [-0.3, -0.25) is 0 Å². The van der Waals surface area contributed by atoms with E-state index in [9.17, 15) is 5.11 Å². The first kappa shape index (κ1) is 18.7. The van der Waals surface area contributed by atoms with Gasteiger partial charge in [-0.1, -0.05) is 42.5 Å². The summed E-state index contributed by atoms with van der Waals surface area (Å²) in [5.41, 5.74) is 5.16. The monoisotopic (exact) mass is 392 g/mol. The predicted octanol–water partition coefficient (Wildman–Crippen LogP) is 3.87. The van der Waals surface area contributed by atoms with Crippen LogP contribution in [0, 0.1) is 6.92 Å². The molecule has 2 aromatic rings. The lowest BCUT2D eigenvalue weighted by atomic mass is 9.68. The Balaban J connectivity index is 1.65. The van der Waals surface area contributed by atoms with E-state index in [1.165, 1.54) is 22.3 Å². The molecule has 4 heteroatoms. The number of benzene rings is 2. The molecule has 1 N–H and O–H groups in total. The Kier molecular flexibility index (Phi) is 4.27. The van der Waals surface area contributed by atoms with Gasteiger partial charge in [-0.05, 0) is 18.6 Å². The van der Waals surface area contributed by atoms with E-state index < -0.39 is 6.10 Å². The highest BCUT2D eigenvalue weighted by Gasteiger charge is 2.55. The van der Waals surface area contributed by atoms with E-state index in [0.717, 1.165) is 42.0 Å². The second-order valence-corrected chi connectivity index (χ2v) is 9.28. The molecular formula is C25H30NO3+. The highest BCUT2D eigenvalue weighted by atomic mass is 16.5. The third-order valence-corrected chi connectivity index (χ3v) is 7.18. The molecule has 0 fully saturated rings. The molecule has 0 aromatic heterocycles. The molecule has 0 saturated carbocycles. The first-order valence-corrected chi connectivity index (χ1v) is 10.6. The Labute approximate surface area is 173 Å². The average molecular weight is 393 g/mol. The molecule has 2 aliphatic heterocycles. The zero-order chi connectivity index (χ0) is 20.2. The van der Waals surface area contributed by atoms with Crippen LogP contribution in [0.15, 0.2) is 48.6 Å². The van der Waals surface area contributed by atoms with Crippen molar-refractivity contribution in [2.24, 2.45) is 0 Å². The topological polar surface area (TPSA) is 38.7 Å².